The average molecular weight is 255 g/mol. The lowest BCUT2D eigenvalue weighted by atomic mass is 10.2. The van der Waals surface area contributed by atoms with Crippen LogP contribution in [0.4, 0.5) is 0 Å². The second-order valence-corrected chi connectivity index (χ2v) is 3.74. The fraction of sp³-hybridized carbons (Fsp3) is 0.667. The topological polar surface area (TPSA) is 65.4 Å². The molecule has 0 aliphatic carbocycles. The van der Waals surface area contributed by atoms with Crippen LogP contribution < -0.4 is 5.32 Å². The van der Waals surface area contributed by atoms with Gasteiger partial charge in [-0.2, -0.15) is 0 Å². The number of aryl methyl sites for hydroxylation is 1. The number of ether oxygens (including phenoxy) is 2. The molecule has 1 unspecified atom stereocenters. The highest BCUT2D eigenvalue weighted by atomic mass is 16.5. The van der Waals surface area contributed by atoms with E-state index in [4.69, 9.17) is 9.47 Å². The molecule has 1 aromatic heterocycles. The number of aromatic nitrogens is 2. The SMILES string of the molecule is CCOC(=O)C(NCCOC)c1cncn1CC. The van der Waals surface area contributed by atoms with E-state index in [0.717, 1.165) is 12.2 Å². The number of hydrogen-bond acceptors (Lipinski definition) is 5. The lowest BCUT2D eigenvalue weighted by molar-refractivity contribution is -0.146. The van der Waals surface area contributed by atoms with E-state index in [1.165, 1.54) is 0 Å². The zero-order valence-electron chi connectivity index (χ0n) is 11.2. The maximum Gasteiger partial charge on any atom is 0.329 e. The first-order chi connectivity index (χ1) is 8.74. The number of imidazole rings is 1. The molecule has 1 N–H and O–H groups in total. The van der Waals surface area contributed by atoms with Crippen LogP contribution in [0, 0.1) is 0 Å². The largest absolute Gasteiger partial charge is 0.465 e. The highest BCUT2D eigenvalue weighted by Gasteiger charge is 2.24. The normalized spacial score (nSPS) is 12.4. The molecule has 0 aliphatic heterocycles. The van der Waals surface area contributed by atoms with Crippen molar-refractivity contribution in [3.05, 3.63) is 18.2 Å². The average Bonchev–Trinajstić information content (AvgIpc) is 2.83. The first-order valence-electron chi connectivity index (χ1n) is 6.13. The van der Waals surface area contributed by atoms with Gasteiger partial charge in [0, 0.05) is 20.2 Å². The number of hydrogen-bond donors (Lipinski definition) is 1. The van der Waals surface area contributed by atoms with E-state index in [-0.39, 0.29) is 5.97 Å². The summed E-state index contributed by atoms with van der Waals surface area (Å²) >= 11 is 0. The Morgan fingerprint density at radius 2 is 2.33 bits per heavy atom. The Balaban J connectivity index is 2.79. The summed E-state index contributed by atoms with van der Waals surface area (Å²) in [4.78, 5) is 16.0. The minimum absolute atomic E-state index is 0.288. The predicted molar refractivity (Wildman–Crippen MR) is 67.2 cm³/mol. The van der Waals surface area contributed by atoms with Gasteiger partial charge in [-0.3, -0.25) is 5.32 Å². The van der Waals surface area contributed by atoms with Crippen molar-refractivity contribution in [2.45, 2.75) is 26.4 Å². The first-order valence-corrected chi connectivity index (χ1v) is 6.13. The van der Waals surface area contributed by atoms with Crippen molar-refractivity contribution in [1.82, 2.24) is 14.9 Å². The first kappa shape index (κ1) is 14.7. The van der Waals surface area contributed by atoms with E-state index in [9.17, 15) is 4.79 Å². The van der Waals surface area contributed by atoms with E-state index >= 15 is 0 Å². The fourth-order valence-corrected chi connectivity index (χ4v) is 1.68. The molecule has 1 atom stereocenters. The maximum absolute atomic E-state index is 11.9. The fourth-order valence-electron chi connectivity index (χ4n) is 1.68. The molecular weight excluding hydrogens is 234 g/mol. The summed E-state index contributed by atoms with van der Waals surface area (Å²) in [5.74, 6) is -0.288. The summed E-state index contributed by atoms with van der Waals surface area (Å²) in [5, 5.41) is 3.12. The Hall–Kier alpha value is -1.40. The Kier molecular flexibility index (Phi) is 6.38. The molecule has 0 saturated heterocycles. The molecule has 0 saturated carbocycles. The Bertz CT molecular complexity index is 365. The molecule has 6 nitrogen and oxygen atoms in total. The monoisotopic (exact) mass is 255 g/mol. The molecule has 0 amide bonds. The number of carbonyl (C=O) groups is 1. The summed E-state index contributed by atoms with van der Waals surface area (Å²) in [6.45, 7) is 6.04. The lowest BCUT2D eigenvalue weighted by Gasteiger charge is -2.18. The molecular formula is C12H21N3O3. The molecule has 0 bridgehead atoms. The van der Waals surface area contributed by atoms with Gasteiger partial charge in [-0.25, -0.2) is 9.78 Å². The quantitative estimate of drug-likeness (QED) is 0.548. The zero-order chi connectivity index (χ0) is 13.4. The third kappa shape index (κ3) is 3.82. The van der Waals surface area contributed by atoms with Gasteiger partial charge in [0.05, 0.1) is 31.4 Å². The van der Waals surface area contributed by atoms with Gasteiger partial charge in [0.2, 0.25) is 0 Å². The highest BCUT2D eigenvalue weighted by Crippen LogP contribution is 2.14. The van der Waals surface area contributed by atoms with Crippen LogP contribution in [0.25, 0.3) is 0 Å². The van der Waals surface area contributed by atoms with Gasteiger partial charge in [0.15, 0.2) is 0 Å². The van der Waals surface area contributed by atoms with Gasteiger partial charge in [-0.1, -0.05) is 0 Å². The minimum Gasteiger partial charge on any atom is -0.465 e. The maximum atomic E-state index is 11.9. The molecule has 0 radical (unpaired) electrons. The van der Waals surface area contributed by atoms with Crippen LogP contribution in [0.1, 0.15) is 25.6 Å². The number of nitrogens with zero attached hydrogens (tertiary/aromatic N) is 2. The van der Waals surface area contributed by atoms with Gasteiger partial charge in [-0.15, -0.1) is 0 Å². The molecule has 0 fully saturated rings. The third-order valence-corrected chi connectivity index (χ3v) is 2.56. The number of carbonyl (C=O) groups excluding carboxylic acids is 1. The second-order valence-electron chi connectivity index (χ2n) is 3.74. The van der Waals surface area contributed by atoms with Crippen molar-refractivity contribution in [1.29, 1.82) is 0 Å². The Morgan fingerprint density at radius 1 is 1.56 bits per heavy atom. The summed E-state index contributed by atoms with van der Waals surface area (Å²) in [5.41, 5.74) is 0.812. The standard InChI is InChI=1S/C12H21N3O3/c1-4-15-9-13-8-10(15)11(12(16)18-5-2)14-6-7-17-3/h8-9,11,14H,4-7H2,1-3H3. The van der Waals surface area contributed by atoms with E-state index in [1.54, 1.807) is 26.6 Å². The van der Waals surface area contributed by atoms with Crippen LogP contribution in [0.5, 0.6) is 0 Å². The van der Waals surface area contributed by atoms with Gasteiger partial charge in [0.1, 0.15) is 6.04 Å². The molecule has 0 aliphatic rings. The number of esters is 1. The molecule has 1 aromatic rings. The van der Waals surface area contributed by atoms with Gasteiger partial charge < -0.3 is 14.0 Å². The molecule has 18 heavy (non-hydrogen) atoms. The molecule has 0 aromatic carbocycles. The van der Waals surface area contributed by atoms with Crippen LogP contribution in [-0.4, -0.2) is 42.4 Å². The molecule has 6 heteroatoms. The molecule has 1 heterocycles. The summed E-state index contributed by atoms with van der Waals surface area (Å²) in [6, 6.07) is -0.498. The molecule has 0 spiro atoms. The second kappa shape index (κ2) is 7.84. The Morgan fingerprint density at radius 3 is 2.94 bits per heavy atom. The Labute approximate surface area is 107 Å². The van der Waals surface area contributed by atoms with Crippen LogP contribution in [-0.2, 0) is 20.8 Å². The number of rotatable bonds is 8. The summed E-state index contributed by atoms with van der Waals surface area (Å²) < 4.78 is 12.0. The van der Waals surface area contributed by atoms with Gasteiger partial charge in [0.25, 0.3) is 0 Å². The van der Waals surface area contributed by atoms with E-state index in [0.29, 0.717) is 19.8 Å². The summed E-state index contributed by atoms with van der Waals surface area (Å²) in [7, 11) is 1.62. The van der Waals surface area contributed by atoms with Crippen molar-refractivity contribution in [3.63, 3.8) is 0 Å². The van der Waals surface area contributed by atoms with Crippen LogP contribution in [0.15, 0.2) is 12.5 Å². The van der Waals surface area contributed by atoms with Gasteiger partial charge in [-0.05, 0) is 13.8 Å². The van der Waals surface area contributed by atoms with E-state index < -0.39 is 6.04 Å². The van der Waals surface area contributed by atoms with E-state index in [2.05, 4.69) is 10.3 Å². The lowest BCUT2D eigenvalue weighted by Crippen LogP contribution is -2.34. The van der Waals surface area contributed by atoms with Crippen molar-refractivity contribution in [2.75, 3.05) is 26.9 Å². The van der Waals surface area contributed by atoms with Crippen LogP contribution >= 0.6 is 0 Å². The number of nitrogens with one attached hydrogen (secondary N) is 1. The number of methoxy groups -OCH3 is 1. The van der Waals surface area contributed by atoms with Crippen molar-refractivity contribution >= 4 is 5.97 Å². The summed E-state index contributed by atoms with van der Waals surface area (Å²) in [6.07, 6.45) is 3.39. The third-order valence-electron chi connectivity index (χ3n) is 2.56. The molecule has 1 rings (SSSR count). The van der Waals surface area contributed by atoms with E-state index in [1.807, 2.05) is 11.5 Å². The zero-order valence-corrected chi connectivity index (χ0v) is 11.2. The van der Waals surface area contributed by atoms with Gasteiger partial charge >= 0.3 is 5.97 Å². The van der Waals surface area contributed by atoms with Crippen LogP contribution in [0.3, 0.4) is 0 Å². The predicted octanol–water partition coefficient (Wildman–Crippen LogP) is 0.743. The smallest absolute Gasteiger partial charge is 0.329 e. The molecule has 102 valence electrons. The highest BCUT2D eigenvalue weighted by molar-refractivity contribution is 5.77. The minimum atomic E-state index is -0.498. The van der Waals surface area contributed by atoms with Crippen LogP contribution in [0.2, 0.25) is 0 Å². The van der Waals surface area contributed by atoms with Crippen molar-refractivity contribution in [2.24, 2.45) is 0 Å². The van der Waals surface area contributed by atoms with Crippen molar-refractivity contribution in [3.8, 4) is 0 Å². The van der Waals surface area contributed by atoms with Crippen molar-refractivity contribution < 1.29 is 14.3 Å².